The molecule has 2 unspecified atom stereocenters. The molecule has 0 aromatic heterocycles. The molecule has 100 valence electrons. The van der Waals surface area contributed by atoms with Crippen LogP contribution >= 0.6 is 0 Å². The zero-order valence-electron chi connectivity index (χ0n) is 10.6. The van der Waals surface area contributed by atoms with Crippen molar-refractivity contribution in [2.24, 2.45) is 5.92 Å². The third kappa shape index (κ3) is 3.71. The van der Waals surface area contributed by atoms with Gasteiger partial charge in [0.15, 0.2) is 0 Å². The van der Waals surface area contributed by atoms with Gasteiger partial charge in [-0.2, -0.15) is 0 Å². The molecule has 0 heterocycles. The summed E-state index contributed by atoms with van der Waals surface area (Å²) in [4.78, 5) is 0. The monoisotopic (exact) mass is 268 g/mol. The number of benzene rings is 1. The van der Waals surface area contributed by atoms with Gasteiger partial charge in [-0.15, -0.1) is 0 Å². The molecule has 0 amide bonds. The van der Waals surface area contributed by atoms with Gasteiger partial charge in [0.1, 0.15) is 0 Å². The molecule has 1 aromatic rings. The third-order valence-corrected chi connectivity index (χ3v) is 4.78. The Balaban J connectivity index is 1.97. The Morgan fingerprint density at radius 2 is 1.94 bits per heavy atom. The van der Waals surface area contributed by atoms with E-state index in [1.165, 1.54) is 0 Å². The zero-order valence-corrected chi connectivity index (χ0v) is 11.4. The minimum atomic E-state index is -3.25. The fraction of sp³-hybridized carbons (Fsp3) is 0.538. The van der Waals surface area contributed by atoms with Gasteiger partial charge < -0.3 is 5.73 Å². The molecule has 0 saturated heterocycles. The number of hydrogen-bond donors (Lipinski definition) is 2. The fourth-order valence-corrected chi connectivity index (χ4v) is 3.88. The van der Waals surface area contributed by atoms with E-state index in [0.717, 1.165) is 24.8 Å². The molecule has 2 rings (SSSR count). The first kappa shape index (κ1) is 13.4. The Hall–Kier alpha value is -1.07. The van der Waals surface area contributed by atoms with Gasteiger partial charge in [0.2, 0.25) is 10.0 Å². The summed E-state index contributed by atoms with van der Waals surface area (Å²) in [7, 11) is -3.25. The van der Waals surface area contributed by atoms with E-state index in [0.29, 0.717) is 11.6 Å². The van der Waals surface area contributed by atoms with Crippen molar-refractivity contribution < 1.29 is 8.42 Å². The Labute approximate surface area is 109 Å². The topological polar surface area (TPSA) is 72.2 Å². The van der Waals surface area contributed by atoms with E-state index in [2.05, 4.69) is 11.6 Å². The quantitative estimate of drug-likeness (QED) is 0.819. The molecule has 1 fully saturated rings. The lowest BCUT2D eigenvalue weighted by Gasteiger charge is -2.13. The van der Waals surface area contributed by atoms with Crippen LogP contribution in [0.15, 0.2) is 24.3 Å². The summed E-state index contributed by atoms with van der Waals surface area (Å²) in [5.41, 5.74) is 6.99. The summed E-state index contributed by atoms with van der Waals surface area (Å²) in [6.45, 7) is 2.16. The number of nitrogen functional groups attached to an aromatic ring is 1. The summed E-state index contributed by atoms with van der Waals surface area (Å²) < 4.78 is 26.8. The number of nitrogens with two attached hydrogens (primary N) is 1. The van der Waals surface area contributed by atoms with Gasteiger partial charge in [0, 0.05) is 11.7 Å². The third-order valence-electron chi connectivity index (χ3n) is 3.38. The lowest BCUT2D eigenvalue weighted by atomic mass is 10.1. The van der Waals surface area contributed by atoms with E-state index < -0.39 is 10.0 Å². The van der Waals surface area contributed by atoms with Gasteiger partial charge in [-0.25, -0.2) is 13.1 Å². The van der Waals surface area contributed by atoms with E-state index in [9.17, 15) is 8.42 Å². The van der Waals surface area contributed by atoms with E-state index in [1.807, 2.05) is 0 Å². The number of hydrogen-bond acceptors (Lipinski definition) is 3. The van der Waals surface area contributed by atoms with E-state index in [-0.39, 0.29) is 11.8 Å². The molecule has 0 spiro atoms. The van der Waals surface area contributed by atoms with Gasteiger partial charge in [-0.1, -0.05) is 19.1 Å². The number of nitrogens with one attached hydrogen (secondary N) is 1. The van der Waals surface area contributed by atoms with Crippen LogP contribution in [0.4, 0.5) is 5.69 Å². The van der Waals surface area contributed by atoms with Gasteiger partial charge in [0.05, 0.1) is 5.75 Å². The number of sulfonamides is 1. The zero-order chi connectivity index (χ0) is 13.2. The van der Waals surface area contributed by atoms with Gasteiger partial charge >= 0.3 is 0 Å². The normalized spacial score (nSPS) is 24.3. The predicted molar refractivity (Wildman–Crippen MR) is 73.4 cm³/mol. The van der Waals surface area contributed by atoms with Crippen molar-refractivity contribution in [1.82, 2.24) is 4.72 Å². The standard InChI is InChI=1S/C13H20N2O2S/c1-10-2-7-13(8-10)15-18(16,17)9-11-3-5-12(14)6-4-11/h3-6,10,13,15H,2,7-9,14H2,1H3. The maximum absolute atomic E-state index is 12.0. The average molecular weight is 268 g/mol. The van der Waals surface area contributed by atoms with Crippen molar-refractivity contribution in [2.45, 2.75) is 38.0 Å². The second-order valence-corrected chi connectivity index (χ2v) is 6.99. The maximum Gasteiger partial charge on any atom is 0.216 e. The highest BCUT2D eigenvalue weighted by Crippen LogP contribution is 2.25. The van der Waals surface area contributed by atoms with Crippen LogP contribution in [0, 0.1) is 5.92 Å². The van der Waals surface area contributed by atoms with E-state index in [4.69, 9.17) is 5.73 Å². The molecular formula is C13H20N2O2S. The van der Waals surface area contributed by atoms with Crippen LogP contribution in [-0.2, 0) is 15.8 Å². The molecule has 0 aliphatic heterocycles. The molecule has 3 N–H and O–H groups in total. The lowest BCUT2D eigenvalue weighted by Crippen LogP contribution is -2.33. The van der Waals surface area contributed by atoms with Crippen molar-refractivity contribution in [3.05, 3.63) is 29.8 Å². The number of rotatable bonds is 4. The summed E-state index contributed by atoms with van der Waals surface area (Å²) in [6, 6.07) is 7.07. The van der Waals surface area contributed by atoms with Crippen molar-refractivity contribution >= 4 is 15.7 Å². The van der Waals surface area contributed by atoms with E-state index in [1.54, 1.807) is 24.3 Å². The molecule has 0 radical (unpaired) electrons. The molecule has 1 aliphatic carbocycles. The predicted octanol–water partition coefficient (Wildman–Crippen LogP) is 1.88. The molecule has 0 bridgehead atoms. The molecule has 1 aromatic carbocycles. The van der Waals surface area contributed by atoms with Crippen molar-refractivity contribution in [3.63, 3.8) is 0 Å². The van der Waals surface area contributed by atoms with Crippen LogP contribution in [-0.4, -0.2) is 14.5 Å². The Morgan fingerprint density at radius 1 is 1.28 bits per heavy atom. The first-order valence-electron chi connectivity index (χ1n) is 6.29. The van der Waals surface area contributed by atoms with Crippen molar-refractivity contribution in [3.8, 4) is 0 Å². The highest BCUT2D eigenvalue weighted by molar-refractivity contribution is 7.88. The molecule has 1 aliphatic rings. The van der Waals surface area contributed by atoms with E-state index >= 15 is 0 Å². The van der Waals surface area contributed by atoms with Crippen LogP contribution in [0.25, 0.3) is 0 Å². The largest absolute Gasteiger partial charge is 0.399 e. The molecule has 2 atom stereocenters. The summed E-state index contributed by atoms with van der Waals surface area (Å²) >= 11 is 0. The maximum atomic E-state index is 12.0. The minimum Gasteiger partial charge on any atom is -0.399 e. The molecular weight excluding hydrogens is 248 g/mol. The van der Waals surface area contributed by atoms with Crippen molar-refractivity contribution in [2.75, 3.05) is 5.73 Å². The summed E-state index contributed by atoms with van der Waals surface area (Å²) in [5, 5.41) is 0. The van der Waals surface area contributed by atoms with Crippen LogP contribution in [0.1, 0.15) is 31.7 Å². The SMILES string of the molecule is CC1CCC(NS(=O)(=O)Cc2ccc(N)cc2)C1. The molecule has 18 heavy (non-hydrogen) atoms. The average Bonchev–Trinajstić information content (AvgIpc) is 2.66. The Morgan fingerprint density at radius 3 is 2.50 bits per heavy atom. The second kappa shape index (κ2) is 5.28. The number of anilines is 1. The first-order chi connectivity index (χ1) is 8.44. The Kier molecular flexibility index (Phi) is 3.92. The van der Waals surface area contributed by atoms with Gasteiger partial charge in [-0.05, 0) is 42.9 Å². The van der Waals surface area contributed by atoms with Crippen LogP contribution in [0.2, 0.25) is 0 Å². The summed E-state index contributed by atoms with van der Waals surface area (Å²) in [5.74, 6) is 0.646. The molecule has 5 heteroatoms. The first-order valence-corrected chi connectivity index (χ1v) is 7.94. The van der Waals surface area contributed by atoms with Gasteiger partial charge in [0.25, 0.3) is 0 Å². The highest BCUT2D eigenvalue weighted by Gasteiger charge is 2.25. The molecule has 4 nitrogen and oxygen atoms in total. The van der Waals surface area contributed by atoms with Gasteiger partial charge in [-0.3, -0.25) is 0 Å². The lowest BCUT2D eigenvalue weighted by molar-refractivity contribution is 0.538. The van der Waals surface area contributed by atoms with Crippen LogP contribution in [0.5, 0.6) is 0 Å². The van der Waals surface area contributed by atoms with Crippen LogP contribution in [0.3, 0.4) is 0 Å². The smallest absolute Gasteiger partial charge is 0.216 e. The fourth-order valence-electron chi connectivity index (χ4n) is 2.44. The Bertz CT molecular complexity index is 496. The second-order valence-electron chi connectivity index (χ2n) is 5.23. The highest BCUT2D eigenvalue weighted by atomic mass is 32.2. The van der Waals surface area contributed by atoms with Crippen LogP contribution < -0.4 is 10.5 Å². The van der Waals surface area contributed by atoms with Crippen molar-refractivity contribution in [1.29, 1.82) is 0 Å². The summed E-state index contributed by atoms with van der Waals surface area (Å²) in [6.07, 6.45) is 3.00. The molecule has 1 saturated carbocycles. The minimum absolute atomic E-state index is 0.0260.